The van der Waals surface area contributed by atoms with Crippen LogP contribution in [0.25, 0.3) is 0 Å². The molecule has 0 aromatic carbocycles. The van der Waals surface area contributed by atoms with Gasteiger partial charge in [-0.2, -0.15) is 0 Å². The molecule has 0 aliphatic carbocycles. The fourth-order valence-electron chi connectivity index (χ4n) is 1.29. The second-order valence-electron chi connectivity index (χ2n) is 3.30. The minimum absolute atomic E-state index is 0. The summed E-state index contributed by atoms with van der Waals surface area (Å²) in [5, 5.41) is 6.14. The number of aromatic nitrogens is 1. The SMILES string of the molecule is Cc1ccsc1CNCc1cnc(N)s1.Cl. The number of halogens is 1. The Bertz CT molecular complexity index is 439. The first kappa shape index (κ1) is 13.4. The summed E-state index contributed by atoms with van der Waals surface area (Å²) in [6, 6.07) is 2.15. The zero-order valence-electron chi connectivity index (χ0n) is 8.90. The van der Waals surface area contributed by atoms with Gasteiger partial charge < -0.3 is 11.1 Å². The van der Waals surface area contributed by atoms with E-state index in [1.54, 1.807) is 11.3 Å². The molecule has 0 bridgehead atoms. The molecule has 2 rings (SSSR count). The average Bonchev–Trinajstić information content (AvgIpc) is 2.77. The number of nitrogens with zero attached hydrogens (tertiary/aromatic N) is 1. The summed E-state index contributed by atoms with van der Waals surface area (Å²) in [4.78, 5) is 6.59. The Morgan fingerprint density at radius 2 is 2.25 bits per heavy atom. The standard InChI is InChI=1S/C10H13N3S2.ClH/c1-7-2-3-14-9(7)6-12-4-8-5-13-10(11)15-8;/h2-3,5,12H,4,6H2,1H3,(H2,11,13);1H. The maximum Gasteiger partial charge on any atom is 0.180 e. The third-order valence-electron chi connectivity index (χ3n) is 2.12. The molecule has 0 amide bonds. The molecule has 3 nitrogen and oxygen atoms in total. The molecular formula is C10H14ClN3S2. The summed E-state index contributed by atoms with van der Waals surface area (Å²) in [5.41, 5.74) is 6.91. The van der Waals surface area contributed by atoms with Gasteiger partial charge in [0.1, 0.15) is 0 Å². The Kier molecular flexibility index (Phi) is 5.21. The number of thiophene rings is 1. The molecule has 3 N–H and O–H groups in total. The van der Waals surface area contributed by atoms with Gasteiger partial charge in [0.05, 0.1) is 0 Å². The van der Waals surface area contributed by atoms with Crippen LogP contribution in [-0.4, -0.2) is 4.98 Å². The molecule has 88 valence electrons. The number of rotatable bonds is 4. The Labute approximate surface area is 109 Å². The first-order valence-electron chi connectivity index (χ1n) is 4.69. The number of hydrogen-bond acceptors (Lipinski definition) is 5. The lowest BCUT2D eigenvalue weighted by Gasteiger charge is -2.01. The lowest BCUT2D eigenvalue weighted by molar-refractivity contribution is 0.705. The van der Waals surface area contributed by atoms with Gasteiger partial charge in [-0.05, 0) is 23.9 Å². The Morgan fingerprint density at radius 1 is 1.44 bits per heavy atom. The van der Waals surface area contributed by atoms with E-state index in [2.05, 4.69) is 28.7 Å². The highest BCUT2D eigenvalue weighted by Gasteiger charge is 2.01. The second-order valence-corrected chi connectivity index (χ2v) is 5.44. The highest BCUT2D eigenvalue weighted by atomic mass is 35.5. The molecule has 16 heavy (non-hydrogen) atoms. The first-order chi connectivity index (χ1) is 7.25. The van der Waals surface area contributed by atoms with E-state index in [0.29, 0.717) is 5.13 Å². The molecule has 0 aliphatic rings. The fraction of sp³-hybridized carbons (Fsp3) is 0.300. The number of nitrogens with two attached hydrogens (primary N) is 1. The predicted octanol–water partition coefficient (Wildman–Crippen LogP) is 2.81. The maximum atomic E-state index is 5.55. The molecule has 0 saturated carbocycles. The van der Waals surface area contributed by atoms with Gasteiger partial charge in [0.15, 0.2) is 5.13 Å². The summed E-state index contributed by atoms with van der Waals surface area (Å²) >= 11 is 3.33. The highest BCUT2D eigenvalue weighted by molar-refractivity contribution is 7.15. The monoisotopic (exact) mass is 275 g/mol. The van der Waals surface area contributed by atoms with Gasteiger partial charge in [-0.3, -0.25) is 0 Å². The third kappa shape index (κ3) is 3.45. The molecule has 0 fully saturated rings. The number of thiazole rings is 1. The van der Waals surface area contributed by atoms with Crippen LogP contribution in [0.2, 0.25) is 0 Å². The molecule has 2 heterocycles. The molecule has 0 unspecified atom stereocenters. The molecule has 6 heteroatoms. The van der Waals surface area contributed by atoms with Crippen molar-refractivity contribution in [3.05, 3.63) is 33.0 Å². The van der Waals surface area contributed by atoms with E-state index in [1.165, 1.54) is 26.7 Å². The van der Waals surface area contributed by atoms with Crippen LogP contribution in [0.5, 0.6) is 0 Å². The van der Waals surface area contributed by atoms with Crippen molar-refractivity contribution in [3.63, 3.8) is 0 Å². The van der Waals surface area contributed by atoms with Crippen LogP contribution in [0, 0.1) is 6.92 Å². The van der Waals surface area contributed by atoms with Gasteiger partial charge in [0.25, 0.3) is 0 Å². The van der Waals surface area contributed by atoms with Crippen molar-refractivity contribution in [1.82, 2.24) is 10.3 Å². The van der Waals surface area contributed by atoms with Crippen molar-refractivity contribution in [1.29, 1.82) is 0 Å². The van der Waals surface area contributed by atoms with Crippen molar-refractivity contribution in [2.45, 2.75) is 20.0 Å². The second kappa shape index (κ2) is 6.20. The maximum absolute atomic E-state index is 5.55. The fourth-order valence-corrected chi connectivity index (χ4v) is 2.82. The zero-order chi connectivity index (χ0) is 10.7. The van der Waals surface area contributed by atoms with Gasteiger partial charge in [-0.25, -0.2) is 4.98 Å². The van der Waals surface area contributed by atoms with Crippen LogP contribution in [0.3, 0.4) is 0 Å². The number of anilines is 1. The zero-order valence-corrected chi connectivity index (χ0v) is 11.3. The van der Waals surface area contributed by atoms with E-state index in [-0.39, 0.29) is 12.4 Å². The van der Waals surface area contributed by atoms with E-state index in [4.69, 9.17) is 5.73 Å². The van der Waals surface area contributed by atoms with Gasteiger partial charge in [0.2, 0.25) is 0 Å². The summed E-state index contributed by atoms with van der Waals surface area (Å²) in [6.07, 6.45) is 1.83. The summed E-state index contributed by atoms with van der Waals surface area (Å²) in [7, 11) is 0. The molecule has 2 aromatic rings. The predicted molar refractivity (Wildman–Crippen MR) is 73.4 cm³/mol. The van der Waals surface area contributed by atoms with Gasteiger partial charge in [-0.15, -0.1) is 35.1 Å². The van der Waals surface area contributed by atoms with Crippen LogP contribution < -0.4 is 11.1 Å². The highest BCUT2D eigenvalue weighted by Crippen LogP contribution is 2.16. The lowest BCUT2D eigenvalue weighted by Crippen LogP contribution is -2.11. The normalized spacial score (nSPS) is 10.1. The van der Waals surface area contributed by atoms with Crippen molar-refractivity contribution in [2.75, 3.05) is 5.73 Å². The Hall–Kier alpha value is -0.620. The Morgan fingerprint density at radius 3 is 2.81 bits per heavy atom. The lowest BCUT2D eigenvalue weighted by atomic mass is 10.3. The number of aryl methyl sites for hydroxylation is 1. The number of nitrogens with one attached hydrogen (secondary N) is 1. The average molecular weight is 276 g/mol. The summed E-state index contributed by atoms with van der Waals surface area (Å²) < 4.78 is 0. The van der Waals surface area contributed by atoms with Gasteiger partial charge in [0, 0.05) is 29.0 Å². The molecule has 0 radical (unpaired) electrons. The van der Waals surface area contributed by atoms with Crippen LogP contribution in [-0.2, 0) is 13.1 Å². The first-order valence-corrected chi connectivity index (χ1v) is 6.39. The van der Waals surface area contributed by atoms with E-state index < -0.39 is 0 Å². The number of nitrogen functional groups attached to an aromatic ring is 1. The number of hydrogen-bond donors (Lipinski definition) is 2. The van der Waals surface area contributed by atoms with E-state index in [9.17, 15) is 0 Å². The van der Waals surface area contributed by atoms with Crippen molar-refractivity contribution >= 4 is 40.2 Å². The largest absolute Gasteiger partial charge is 0.375 e. The molecular weight excluding hydrogens is 262 g/mol. The van der Waals surface area contributed by atoms with E-state index in [0.717, 1.165) is 13.1 Å². The van der Waals surface area contributed by atoms with Gasteiger partial charge in [-0.1, -0.05) is 0 Å². The molecule has 0 aliphatic heterocycles. The van der Waals surface area contributed by atoms with Crippen LogP contribution >= 0.6 is 35.1 Å². The molecule has 2 aromatic heterocycles. The minimum Gasteiger partial charge on any atom is -0.375 e. The smallest absolute Gasteiger partial charge is 0.180 e. The Balaban J connectivity index is 0.00000128. The topological polar surface area (TPSA) is 50.9 Å². The van der Waals surface area contributed by atoms with Crippen LogP contribution in [0.1, 0.15) is 15.3 Å². The van der Waals surface area contributed by atoms with Crippen LogP contribution in [0.15, 0.2) is 17.6 Å². The van der Waals surface area contributed by atoms with E-state index in [1.807, 2.05) is 6.20 Å². The van der Waals surface area contributed by atoms with E-state index >= 15 is 0 Å². The van der Waals surface area contributed by atoms with Crippen molar-refractivity contribution in [2.24, 2.45) is 0 Å². The molecule has 0 atom stereocenters. The minimum atomic E-state index is 0. The molecule has 0 spiro atoms. The van der Waals surface area contributed by atoms with Crippen LogP contribution in [0.4, 0.5) is 5.13 Å². The van der Waals surface area contributed by atoms with Crippen molar-refractivity contribution in [3.8, 4) is 0 Å². The third-order valence-corrected chi connectivity index (χ3v) is 3.97. The van der Waals surface area contributed by atoms with Gasteiger partial charge >= 0.3 is 0 Å². The summed E-state index contributed by atoms with van der Waals surface area (Å²) in [6.45, 7) is 3.89. The van der Waals surface area contributed by atoms with Crippen molar-refractivity contribution < 1.29 is 0 Å². The quantitative estimate of drug-likeness (QED) is 0.902. The molecule has 0 saturated heterocycles. The summed E-state index contributed by atoms with van der Waals surface area (Å²) in [5.74, 6) is 0.